The number of amides is 1. The highest BCUT2D eigenvalue weighted by atomic mass is 16.5. The Morgan fingerprint density at radius 1 is 1.73 bits per heavy atom. The Morgan fingerprint density at radius 3 is 3.00 bits per heavy atom. The summed E-state index contributed by atoms with van der Waals surface area (Å²) in [6.07, 6.45) is 1.69. The van der Waals surface area contributed by atoms with Crippen LogP contribution in [0.3, 0.4) is 0 Å². The van der Waals surface area contributed by atoms with Gasteiger partial charge in [0.1, 0.15) is 0 Å². The Bertz CT molecular complexity index is 183. The normalized spacial score (nSPS) is 43.4. The fourth-order valence-corrected chi connectivity index (χ4v) is 1.91. The number of hydrogen-bond donors (Lipinski definition) is 1. The van der Waals surface area contributed by atoms with Crippen molar-refractivity contribution in [2.24, 2.45) is 5.92 Å². The summed E-state index contributed by atoms with van der Waals surface area (Å²) in [5, 5.41) is 2.99. The number of rotatable bonds is 0. The summed E-state index contributed by atoms with van der Waals surface area (Å²) in [6, 6.07) is 0. The van der Waals surface area contributed by atoms with Gasteiger partial charge in [0.25, 0.3) is 0 Å². The molecule has 0 bridgehead atoms. The second kappa shape index (κ2) is 2.21. The van der Waals surface area contributed by atoms with Crippen molar-refractivity contribution >= 4 is 5.91 Å². The van der Waals surface area contributed by atoms with Gasteiger partial charge in [0, 0.05) is 12.5 Å². The number of nitrogens with one attached hydrogen (secondary N) is 1. The average molecular weight is 155 g/mol. The molecule has 3 heteroatoms. The van der Waals surface area contributed by atoms with E-state index >= 15 is 0 Å². The molecule has 2 rings (SSSR count). The topological polar surface area (TPSA) is 38.3 Å². The first-order chi connectivity index (χ1) is 5.23. The Labute approximate surface area is 66.1 Å². The smallest absolute Gasteiger partial charge is 0.222 e. The lowest BCUT2D eigenvalue weighted by atomic mass is 9.73. The van der Waals surface area contributed by atoms with Gasteiger partial charge in [0.15, 0.2) is 0 Å². The maximum absolute atomic E-state index is 10.8. The zero-order valence-electron chi connectivity index (χ0n) is 6.72. The molecule has 62 valence electrons. The molecule has 2 heterocycles. The third-order valence-corrected chi connectivity index (χ3v) is 2.87. The van der Waals surface area contributed by atoms with Gasteiger partial charge in [-0.05, 0) is 6.42 Å². The summed E-state index contributed by atoms with van der Waals surface area (Å²) in [4.78, 5) is 10.8. The molecule has 2 aliphatic rings. The van der Waals surface area contributed by atoms with Crippen molar-refractivity contribution in [3.8, 4) is 0 Å². The predicted molar refractivity (Wildman–Crippen MR) is 40.1 cm³/mol. The molecule has 0 aliphatic carbocycles. The van der Waals surface area contributed by atoms with Crippen LogP contribution in [0.1, 0.15) is 19.8 Å². The van der Waals surface area contributed by atoms with E-state index < -0.39 is 0 Å². The van der Waals surface area contributed by atoms with Crippen LogP contribution >= 0.6 is 0 Å². The largest absolute Gasteiger partial charge is 0.381 e. The minimum Gasteiger partial charge on any atom is -0.381 e. The molecule has 0 aromatic heterocycles. The van der Waals surface area contributed by atoms with Crippen molar-refractivity contribution in [3.63, 3.8) is 0 Å². The molecule has 1 spiro atoms. The second-order valence-corrected chi connectivity index (χ2v) is 3.61. The first-order valence-electron chi connectivity index (χ1n) is 4.12. The van der Waals surface area contributed by atoms with Crippen LogP contribution in [0.15, 0.2) is 0 Å². The molecule has 1 amide bonds. The number of hydrogen-bond acceptors (Lipinski definition) is 2. The van der Waals surface area contributed by atoms with Crippen molar-refractivity contribution in [2.45, 2.75) is 25.3 Å². The highest BCUT2D eigenvalue weighted by Gasteiger charge is 2.48. The van der Waals surface area contributed by atoms with E-state index in [1.54, 1.807) is 0 Å². The van der Waals surface area contributed by atoms with E-state index in [9.17, 15) is 4.79 Å². The van der Waals surface area contributed by atoms with Gasteiger partial charge in [-0.2, -0.15) is 0 Å². The van der Waals surface area contributed by atoms with Gasteiger partial charge in [-0.25, -0.2) is 0 Å². The highest BCUT2D eigenvalue weighted by molar-refractivity contribution is 5.84. The molecule has 0 saturated carbocycles. The van der Waals surface area contributed by atoms with Crippen LogP contribution in [-0.2, 0) is 9.53 Å². The molecule has 11 heavy (non-hydrogen) atoms. The van der Waals surface area contributed by atoms with Crippen molar-refractivity contribution in [3.05, 3.63) is 0 Å². The Kier molecular flexibility index (Phi) is 1.42. The third-order valence-electron chi connectivity index (χ3n) is 2.87. The summed E-state index contributed by atoms with van der Waals surface area (Å²) in [5.74, 6) is 0.674. The fourth-order valence-electron chi connectivity index (χ4n) is 1.91. The number of β-lactam (4-membered cyclic amide) rings is 1. The van der Waals surface area contributed by atoms with Gasteiger partial charge in [0.05, 0.1) is 18.6 Å². The van der Waals surface area contributed by atoms with E-state index in [2.05, 4.69) is 12.2 Å². The number of carbonyl (C=O) groups excluding carboxylic acids is 1. The molecule has 0 radical (unpaired) electrons. The Hall–Kier alpha value is -0.570. The molecule has 2 fully saturated rings. The van der Waals surface area contributed by atoms with Gasteiger partial charge >= 0.3 is 0 Å². The molecule has 0 aromatic rings. The maximum Gasteiger partial charge on any atom is 0.222 e. The summed E-state index contributed by atoms with van der Waals surface area (Å²) in [6.45, 7) is 3.73. The number of carbonyl (C=O) groups is 1. The summed E-state index contributed by atoms with van der Waals surface area (Å²) in [7, 11) is 0. The van der Waals surface area contributed by atoms with Crippen LogP contribution in [0.25, 0.3) is 0 Å². The summed E-state index contributed by atoms with van der Waals surface area (Å²) >= 11 is 0. The zero-order valence-corrected chi connectivity index (χ0v) is 6.72. The maximum atomic E-state index is 10.8. The quantitative estimate of drug-likeness (QED) is 0.511. The monoisotopic (exact) mass is 155 g/mol. The zero-order chi connectivity index (χ0) is 7.90. The van der Waals surface area contributed by atoms with Crippen LogP contribution in [-0.4, -0.2) is 24.7 Å². The van der Waals surface area contributed by atoms with Gasteiger partial charge in [0.2, 0.25) is 5.91 Å². The number of ether oxygens (including phenoxy) is 1. The van der Waals surface area contributed by atoms with Crippen LogP contribution in [0, 0.1) is 5.92 Å². The lowest BCUT2D eigenvalue weighted by Crippen LogP contribution is -2.67. The summed E-state index contributed by atoms with van der Waals surface area (Å²) < 4.78 is 5.30. The SMILES string of the molecule is CC1COCCC12CC(=O)N2. The lowest BCUT2D eigenvalue weighted by Gasteiger charge is -2.49. The Morgan fingerprint density at radius 2 is 2.45 bits per heavy atom. The van der Waals surface area contributed by atoms with Crippen molar-refractivity contribution in [2.75, 3.05) is 13.2 Å². The van der Waals surface area contributed by atoms with E-state index in [1.807, 2.05) is 0 Å². The van der Waals surface area contributed by atoms with Crippen molar-refractivity contribution in [1.82, 2.24) is 5.32 Å². The molecule has 2 saturated heterocycles. The van der Waals surface area contributed by atoms with Gasteiger partial charge in [-0.15, -0.1) is 0 Å². The standard InChI is InChI=1S/C8H13NO2/c1-6-5-11-3-2-8(6)4-7(10)9-8/h6H,2-5H2,1H3,(H,9,10). The highest BCUT2D eigenvalue weighted by Crippen LogP contribution is 2.35. The molecule has 2 unspecified atom stereocenters. The minimum absolute atomic E-state index is 0.106. The van der Waals surface area contributed by atoms with E-state index in [-0.39, 0.29) is 11.4 Å². The lowest BCUT2D eigenvalue weighted by molar-refractivity contribution is -0.141. The van der Waals surface area contributed by atoms with Gasteiger partial charge in [-0.1, -0.05) is 6.92 Å². The second-order valence-electron chi connectivity index (χ2n) is 3.61. The molecule has 3 nitrogen and oxygen atoms in total. The van der Waals surface area contributed by atoms with E-state index in [4.69, 9.17) is 4.74 Å². The van der Waals surface area contributed by atoms with Crippen molar-refractivity contribution in [1.29, 1.82) is 0 Å². The molecular weight excluding hydrogens is 142 g/mol. The van der Waals surface area contributed by atoms with Crippen LogP contribution in [0.2, 0.25) is 0 Å². The molecule has 2 aliphatic heterocycles. The van der Waals surface area contributed by atoms with Crippen LogP contribution < -0.4 is 5.32 Å². The predicted octanol–water partition coefficient (Wildman–Crippen LogP) is 0.301. The van der Waals surface area contributed by atoms with Gasteiger partial charge in [-0.3, -0.25) is 4.79 Å². The van der Waals surface area contributed by atoms with Gasteiger partial charge < -0.3 is 10.1 Å². The van der Waals surface area contributed by atoms with E-state index in [0.29, 0.717) is 12.3 Å². The summed E-state index contributed by atoms with van der Waals surface area (Å²) in [5.41, 5.74) is 0.106. The average Bonchev–Trinajstić information content (AvgIpc) is 1.92. The van der Waals surface area contributed by atoms with Crippen LogP contribution in [0.4, 0.5) is 0 Å². The Balaban J connectivity index is 2.05. The molecule has 0 aromatic carbocycles. The molecular formula is C8H13NO2. The first-order valence-corrected chi connectivity index (χ1v) is 4.12. The minimum atomic E-state index is 0.106. The van der Waals surface area contributed by atoms with Crippen LogP contribution in [0.5, 0.6) is 0 Å². The molecule has 2 atom stereocenters. The van der Waals surface area contributed by atoms with E-state index in [0.717, 1.165) is 19.6 Å². The molecule has 1 N–H and O–H groups in total. The van der Waals surface area contributed by atoms with E-state index in [1.165, 1.54) is 0 Å². The first kappa shape index (κ1) is 7.10. The van der Waals surface area contributed by atoms with Crippen molar-refractivity contribution < 1.29 is 9.53 Å². The third kappa shape index (κ3) is 0.948. The fraction of sp³-hybridized carbons (Fsp3) is 0.875.